The van der Waals surface area contributed by atoms with Gasteiger partial charge in [0, 0.05) is 5.02 Å². The topological polar surface area (TPSA) is 90.7 Å². The van der Waals surface area contributed by atoms with E-state index in [0.717, 1.165) is 0 Å². The molecule has 0 bridgehead atoms. The number of para-hydroxylation sites is 1. The van der Waals surface area contributed by atoms with Crippen LogP contribution in [0.5, 0.6) is 0 Å². The molecular weight excluding hydrogens is 373 g/mol. The van der Waals surface area contributed by atoms with Gasteiger partial charge in [-0.2, -0.15) is 5.26 Å². The molecule has 0 aliphatic carbocycles. The van der Waals surface area contributed by atoms with Gasteiger partial charge in [-0.1, -0.05) is 35.3 Å². The fraction of sp³-hybridized carbons (Fsp3) is 0. The Labute approximate surface area is 159 Å². The Bertz CT molecular complexity index is 999. The molecule has 0 saturated heterocycles. The number of aromatic nitrogens is 2. The standard InChI is InChI=1S/C18H11Cl2N5O/c19-12-5-6-13(20)15(7-12)25-18(26)16-9-23-17(10-22-16)24-14-4-2-1-3-11(14)8-21/h1-7,9-10H,(H,23,24)(H,25,26). The highest BCUT2D eigenvalue weighted by molar-refractivity contribution is 6.35. The van der Waals surface area contributed by atoms with Crippen LogP contribution in [-0.2, 0) is 0 Å². The maximum absolute atomic E-state index is 12.3. The Hall–Kier alpha value is -3.14. The minimum atomic E-state index is -0.467. The molecule has 0 unspecified atom stereocenters. The first-order valence-electron chi connectivity index (χ1n) is 7.41. The van der Waals surface area contributed by atoms with Crippen molar-refractivity contribution in [2.45, 2.75) is 0 Å². The van der Waals surface area contributed by atoms with Crippen molar-refractivity contribution in [3.8, 4) is 6.07 Å². The van der Waals surface area contributed by atoms with Crippen molar-refractivity contribution >= 4 is 46.3 Å². The van der Waals surface area contributed by atoms with Crippen LogP contribution < -0.4 is 10.6 Å². The lowest BCUT2D eigenvalue weighted by molar-refractivity contribution is 0.102. The van der Waals surface area contributed by atoms with Gasteiger partial charge in [-0.3, -0.25) is 4.79 Å². The Morgan fingerprint density at radius 3 is 2.58 bits per heavy atom. The number of anilines is 3. The van der Waals surface area contributed by atoms with Crippen LogP contribution in [0.2, 0.25) is 10.0 Å². The summed E-state index contributed by atoms with van der Waals surface area (Å²) < 4.78 is 0. The first-order chi connectivity index (χ1) is 12.6. The number of hydrogen-bond donors (Lipinski definition) is 2. The SMILES string of the molecule is N#Cc1ccccc1Nc1cnc(C(=O)Nc2cc(Cl)ccc2Cl)cn1. The zero-order chi connectivity index (χ0) is 18.5. The molecule has 26 heavy (non-hydrogen) atoms. The van der Waals surface area contributed by atoms with Crippen molar-refractivity contribution < 1.29 is 4.79 Å². The molecule has 0 aliphatic heterocycles. The number of nitriles is 1. The molecule has 1 amide bonds. The molecule has 1 aromatic heterocycles. The summed E-state index contributed by atoms with van der Waals surface area (Å²) in [6, 6.07) is 13.8. The Morgan fingerprint density at radius 2 is 1.85 bits per heavy atom. The predicted octanol–water partition coefficient (Wildman–Crippen LogP) is 4.65. The van der Waals surface area contributed by atoms with Gasteiger partial charge in [-0.15, -0.1) is 0 Å². The minimum absolute atomic E-state index is 0.111. The summed E-state index contributed by atoms with van der Waals surface area (Å²) in [5.41, 5.74) is 1.58. The lowest BCUT2D eigenvalue weighted by atomic mass is 10.2. The van der Waals surface area contributed by atoms with E-state index in [-0.39, 0.29) is 5.69 Å². The van der Waals surface area contributed by atoms with E-state index >= 15 is 0 Å². The van der Waals surface area contributed by atoms with E-state index in [1.807, 2.05) is 0 Å². The van der Waals surface area contributed by atoms with E-state index in [9.17, 15) is 4.79 Å². The van der Waals surface area contributed by atoms with Crippen LogP contribution in [0.1, 0.15) is 16.1 Å². The smallest absolute Gasteiger partial charge is 0.275 e. The van der Waals surface area contributed by atoms with Crippen molar-refractivity contribution in [1.29, 1.82) is 5.26 Å². The monoisotopic (exact) mass is 383 g/mol. The average molecular weight is 384 g/mol. The highest BCUT2D eigenvalue weighted by Gasteiger charge is 2.11. The first-order valence-corrected chi connectivity index (χ1v) is 8.17. The zero-order valence-electron chi connectivity index (χ0n) is 13.2. The summed E-state index contributed by atoms with van der Waals surface area (Å²) in [6.45, 7) is 0. The van der Waals surface area contributed by atoms with Gasteiger partial charge in [-0.25, -0.2) is 9.97 Å². The first kappa shape index (κ1) is 17.7. The minimum Gasteiger partial charge on any atom is -0.338 e. The summed E-state index contributed by atoms with van der Waals surface area (Å²) in [4.78, 5) is 20.5. The number of halogens is 2. The molecule has 2 N–H and O–H groups in total. The number of amides is 1. The van der Waals surface area contributed by atoms with Gasteiger partial charge in [0.25, 0.3) is 5.91 Å². The normalized spacial score (nSPS) is 10.0. The maximum Gasteiger partial charge on any atom is 0.275 e. The molecule has 0 radical (unpaired) electrons. The second-order valence-corrected chi connectivity index (χ2v) is 5.99. The molecule has 0 atom stereocenters. The fourth-order valence-corrected chi connectivity index (χ4v) is 2.45. The van der Waals surface area contributed by atoms with Gasteiger partial charge < -0.3 is 10.6 Å². The molecule has 0 saturated carbocycles. The maximum atomic E-state index is 12.3. The molecule has 6 nitrogen and oxygen atoms in total. The second kappa shape index (κ2) is 7.83. The molecular formula is C18H11Cl2N5O. The largest absolute Gasteiger partial charge is 0.338 e. The van der Waals surface area contributed by atoms with Gasteiger partial charge in [0.05, 0.1) is 34.4 Å². The van der Waals surface area contributed by atoms with E-state index < -0.39 is 5.91 Å². The number of rotatable bonds is 4. The molecule has 128 valence electrons. The van der Waals surface area contributed by atoms with Crippen molar-refractivity contribution in [2.75, 3.05) is 10.6 Å². The Morgan fingerprint density at radius 1 is 1.04 bits per heavy atom. The highest BCUT2D eigenvalue weighted by atomic mass is 35.5. The third-order valence-electron chi connectivity index (χ3n) is 3.37. The highest BCUT2D eigenvalue weighted by Crippen LogP contribution is 2.25. The predicted molar refractivity (Wildman–Crippen MR) is 101 cm³/mol. The molecule has 0 spiro atoms. The van der Waals surface area contributed by atoms with Crippen LogP contribution in [0.3, 0.4) is 0 Å². The van der Waals surface area contributed by atoms with Gasteiger partial charge in [0.15, 0.2) is 0 Å². The summed E-state index contributed by atoms with van der Waals surface area (Å²) in [6.07, 6.45) is 2.73. The van der Waals surface area contributed by atoms with Crippen LogP contribution in [-0.4, -0.2) is 15.9 Å². The third kappa shape index (κ3) is 4.09. The van der Waals surface area contributed by atoms with E-state index in [1.54, 1.807) is 42.5 Å². The van der Waals surface area contributed by atoms with Crippen molar-refractivity contribution in [1.82, 2.24) is 9.97 Å². The van der Waals surface area contributed by atoms with E-state index in [0.29, 0.717) is 32.8 Å². The fourth-order valence-electron chi connectivity index (χ4n) is 2.12. The summed E-state index contributed by atoms with van der Waals surface area (Å²) in [7, 11) is 0. The second-order valence-electron chi connectivity index (χ2n) is 5.15. The number of carbonyl (C=O) groups is 1. The van der Waals surface area contributed by atoms with Crippen molar-refractivity contribution in [3.05, 3.63) is 76.2 Å². The van der Waals surface area contributed by atoms with E-state index in [1.165, 1.54) is 12.4 Å². The van der Waals surface area contributed by atoms with Gasteiger partial charge >= 0.3 is 0 Å². The van der Waals surface area contributed by atoms with Crippen LogP contribution in [0.4, 0.5) is 17.2 Å². The van der Waals surface area contributed by atoms with E-state index in [4.69, 9.17) is 28.5 Å². The summed E-state index contributed by atoms with van der Waals surface area (Å²) in [5, 5.41) is 15.5. The Kier molecular flexibility index (Phi) is 5.32. The molecule has 1 heterocycles. The molecule has 2 aromatic carbocycles. The third-order valence-corrected chi connectivity index (χ3v) is 3.94. The number of nitrogens with one attached hydrogen (secondary N) is 2. The van der Waals surface area contributed by atoms with Gasteiger partial charge in [-0.05, 0) is 30.3 Å². The van der Waals surface area contributed by atoms with Crippen LogP contribution in [0.15, 0.2) is 54.9 Å². The summed E-state index contributed by atoms with van der Waals surface area (Å²) >= 11 is 11.9. The van der Waals surface area contributed by atoms with Crippen molar-refractivity contribution in [3.63, 3.8) is 0 Å². The van der Waals surface area contributed by atoms with E-state index in [2.05, 4.69) is 26.7 Å². The quantitative estimate of drug-likeness (QED) is 0.683. The molecule has 0 aliphatic rings. The lowest BCUT2D eigenvalue weighted by Crippen LogP contribution is -2.14. The van der Waals surface area contributed by atoms with Gasteiger partial charge in [0.1, 0.15) is 17.6 Å². The lowest BCUT2D eigenvalue weighted by Gasteiger charge is -2.09. The number of nitrogens with zero attached hydrogens (tertiary/aromatic N) is 3. The molecule has 8 heteroatoms. The van der Waals surface area contributed by atoms with Crippen LogP contribution in [0, 0.1) is 11.3 Å². The van der Waals surface area contributed by atoms with Gasteiger partial charge in [0.2, 0.25) is 0 Å². The molecule has 3 rings (SSSR count). The molecule has 0 fully saturated rings. The van der Waals surface area contributed by atoms with Crippen LogP contribution in [0.25, 0.3) is 0 Å². The number of benzene rings is 2. The zero-order valence-corrected chi connectivity index (χ0v) is 14.7. The molecule has 3 aromatic rings. The number of hydrogen-bond acceptors (Lipinski definition) is 5. The average Bonchev–Trinajstić information content (AvgIpc) is 2.65. The van der Waals surface area contributed by atoms with Crippen molar-refractivity contribution in [2.24, 2.45) is 0 Å². The van der Waals surface area contributed by atoms with Crippen LogP contribution >= 0.6 is 23.2 Å². The summed E-state index contributed by atoms with van der Waals surface area (Å²) in [5.74, 6) is -0.0596. The Balaban J connectivity index is 1.74. The number of carbonyl (C=O) groups excluding carboxylic acids is 1.